The van der Waals surface area contributed by atoms with Crippen molar-refractivity contribution in [3.8, 4) is 0 Å². The van der Waals surface area contributed by atoms with Crippen molar-refractivity contribution in [2.45, 2.75) is 0 Å². The number of hydrogen-bond acceptors (Lipinski definition) is 1. The summed E-state index contributed by atoms with van der Waals surface area (Å²) < 4.78 is 44.6. The fraction of sp³-hybridized carbons (Fsp3) is 0. The molecule has 0 radical (unpaired) electrons. The van der Waals surface area contributed by atoms with Gasteiger partial charge in [0.1, 0.15) is 0 Å². The molecule has 0 aromatic carbocycles. The monoisotopic (exact) mass is 422 g/mol. The Bertz CT molecular complexity index is 170. The molecule has 2 nitrogen and oxygen atoms in total. The van der Waals surface area contributed by atoms with Crippen molar-refractivity contribution in [1.82, 2.24) is 0 Å². The number of nitrogens with two attached hydrogens (primary N) is 1. The van der Waals surface area contributed by atoms with Gasteiger partial charge in [-0.25, -0.2) is 0 Å². The first-order valence-electron chi connectivity index (χ1n) is 1.67. The maximum atomic E-state index is 12.3. The van der Waals surface area contributed by atoms with Gasteiger partial charge in [0.05, 0.1) is 0 Å². The second-order valence-electron chi connectivity index (χ2n) is 1.30. The third-order valence-corrected chi connectivity index (χ3v) is 5.76. The first-order valence-corrected chi connectivity index (χ1v) is 10.8. The van der Waals surface area contributed by atoms with Gasteiger partial charge in [0.2, 0.25) is 0 Å². The normalized spacial score (nSPS) is 17.7. The van der Waals surface area contributed by atoms with Crippen molar-refractivity contribution in [1.29, 1.82) is 0 Å². The maximum absolute atomic E-state index is 12.3. The molecule has 0 aliphatic rings. The summed E-state index contributed by atoms with van der Waals surface area (Å²) in [6, 6.07) is 0. The third-order valence-electron chi connectivity index (χ3n) is 0.254. The van der Waals surface area contributed by atoms with E-state index in [9.17, 15) is 16.8 Å². The van der Waals surface area contributed by atoms with Crippen molar-refractivity contribution in [2.24, 2.45) is 10.0 Å². The molecule has 0 heterocycles. The fourth-order valence-electron chi connectivity index (χ4n) is 0.180. The molecule has 0 atom stereocenters. The Morgan fingerprint density at radius 2 is 1.60 bits per heavy atom. The Morgan fingerprint density at radius 3 is 1.60 bits per heavy atom. The van der Waals surface area contributed by atoms with Crippen molar-refractivity contribution >= 4 is 54.6 Å². The zero-order valence-electron chi connectivity index (χ0n) is 4.19. The Morgan fingerprint density at radius 1 is 1.30 bits per heavy atom. The minimum atomic E-state index is -5.51. The summed E-state index contributed by atoms with van der Waals surface area (Å²) in [7, 11) is -5.18. The van der Waals surface area contributed by atoms with Crippen LogP contribution in [-0.2, 0) is 0 Å². The molecule has 0 fully saturated rings. The van der Waals surface area contributed by atoms with Crippen LogP contribution in [0.5, 0.6) is 0 Å². The van der Waals surface area contributed by atoms with E-state index in [1.165, 1.54) is 0 Å². The standard InChI is InChI=1S/F4H2I2N2P2/c1-9(2,7)8-10(3,4,5)6/h7H2. The molecule has 0 aliphatic heterocycles. The average Bonchev–Trinajstić information content (AvgIpc) is 1.09. The van der Waals surface area contributed by atoms with E-state index in [0.717, 1.165) is 0 Å². The van der Waals surface area contributed by atoms with Crippen LogP contribution in [0.15, 0.2) is 4.52 Å². The summed E-state index contributed by atoms with van der Waals surface area (Å²) in [6.45, 7) is 0. The molecule has 0 aliphatic carbocycles. The van der Waals surface area contributed by atoms with E-state index in [4.69, 9.17) is 0 Å². The van der Waals surface area contributed by atoms with Gasteiger partial charge in [-0.1, -0.05) is 0 Å². The number of halogens is 6. The Hall–Kier alpha value is 1.80. The molecule has 0 aromatic heterocycles. The summed E-state index contributed by atoms with van der Waals surface area (Å²) in [5, 5.41) is 0. The van der Waals surface area contributed by atoms with Crippen LogP contribution >= 0.6 is 54.6 Å². The molecule has 0 spiro atoms. The van der Waals surface area contributed by atoms with E-state index in [0.29, 0.717) is 44.1 Å². The number of hydrogen-bond donors (Lipinski definition) is 1. The zero-order valence-corrected chi connectivity index (χ0v) is 10.3. The summed E-state index contributed by atoms with van der Waals surface area (Å²) in [4.78, 5) is 0. The van der Waals surface area contributed by atoms with Crippen molar-refractivity contribution in [3.05, 3.63) is 0 Å². The zero-order chi connectivity index (χ0) is 8.65. The Labute approximate surface area is 80.9 Å². The van der Waals surface area contributed by atoms with E-state index >= 15 is 0 Å². The molecule has 0 bridgehead atoms. The van der Waals surface area contributed by atoms with Gasteiger partial charge in [-0.05, 0) is 0 Å². The Kier molecular flexibility index (Phi) is 3.46. The fourth-order valence-corrected chi connectivity index (χ4v) is 6.25. The third kappa shape index (κ3) is 9.80. The molecule has 2 N–H and O–H groups in total. The molecule has 64 valence electrons. The van der Waals surface area contributed by atoms with E-state index in [1.807, 2.05) is 4.52 Å². The van der Waals surface area contributed by atoms with Crippen molar-refractivity contribution in [2.75, 3.05) is 0 Å². The predicted octanol–water partition coefficient (Wildman–Crippen LogP) is 4.77. The van der Waals surface area contributed by atoms with Gasteiger partial charge >= 0.3 is 81.4 Å². The SMILES string of the molecule is NP(F)(F)=NP(F)(F)(I)I. The van der Waals surface area contributed by atoms with Crippen LogP contribution in [0.3, 0.4) is 0 Å². The van der Waals surface area contributed by atoms with Gasteiger partial charge in [-0.2, -0.15) is 0 Å². The molecule has 10 heavy (non-hydrogen) atoms. The molecule has 0 unspecified atom stereocenters. The van der Waals surface area contributed by atoms with Crippen LogP contribution in [0.4, 0.5) is 16.8 Å². The van der Waals surface area contributed by atoms with Gasteiger partial charge in [0.15, 0.2) is 0 Å². The number of nitrogens with zero attached hydrogens (tertiary/aromatic N) is 1. The van der Waals surface area contributed by atoms with Gasteiger partial charge in [-0.3, -0.25) is 0 Å². The van der Waals surface area contributed by atoms with Gasteiger partial charge < -0.3 is 0 Å². The topological polar surface area (TPSA) is 38.4 Å². The molecule has 0 rings (SSSR count). The van der Waals surface area contributed by atoms with Crippen LogP contribution in [-0.4, -0.2) is 0 Å². The van der Waals surface area contributed by atoms with Crippen LogP contribution in [0, 0.1) is 0 Å². The molecular formula is H2F4I2N2P2. The summed E-state index contributed by atoms with van der Waals surface area (Å²) in [5.41, 5.74) is 4.06. The van der Waals surface area contributed by atoms with Crippen LogP contribution < -0.4 is 5.50 Å². The molecule has 0 amide bonds. The number of rotatable bonds is 1. The molecule has 0 saturated carbocycles. The van der Waals surface area contributed by atoms with Crippen LogP contribution in [0.25, 0.3) is 0 Å². The van der Waals surface area contributed by atoms with E-state index in [-0.39, 0.29) is 0 Å². The molecule has 0 saturated heterocycles. The molecule has 0 aromatic rings. The molecule has 10 heteroatoms. The van der Waals surface area contributed by atoms with Crippen LogP contribution in [0.1, 0.15) is 0 Å². The second-order valence-corrected chi connectivity index (χ2v) is 19.8. The van der Waals surface area contributed by atoms with E-state index < -0.39 is 10.5 Å². The van der Waals surface area contributed by atoms with Crippen molar-refractivity contribution < 1.29 is 16.8 Å². The summed E-state index contributed by atoms with van der Waals surface area (Å²) >= 11 is 1.24. The quantitative estimate of drug-likeness (QED) is 0.370. The van der Waals surface area contributed by atoms with Gasteiger partial charge in [-0.15, -0.1) is 0 Å². The van der Waals surface area contributed by atoms with Crippen LogP contribution in [0.2, 0.25) is 0 Å². The molecular weight excluding hydrogens is 420 g/mol. The second kappa shape index (κ2) is 2.93. The van der Waals surface area contributed by atoms with Gasteiger partial charge in [0.25, 0.3) is 0 Å². The van der Waals surface area contributed by atoms with Gasteiger partial charge in [0, 0.05) is 0 Å². The average molecular weight is 422 g/mol. The Balaban J connectivity index is 4.77. The van der Waals surface area contributed by atoms with Crippen molar-refractivity contribution in [3.63, 3.8) is 0 Å². The summed E-state index contributed by atoms with van der Waals surface area (Å²) in [6.07, 6.45) is 0. The van der Waals surface area contributed by atoms with E-state index in [1.54, 1.807) is 0 Å². The summed E-state index contributed by atoms with van der Waals surface area (Å²) in [5.74, 6) is 0. The van der Waals surface area contributed by atoms with E-state index in [2.05, 4.69) is 5.50 Å². The minimum absolute atomic E-state index is 0.621. The first kappa shape index (κ1) is 11.8. The predicted molar refractivity (Wildman–Crippen MR) is 52.9 cm³/mol. The first-order chi connectivity index (χ1) is 3.96.